The van der Waals surface area contributed by atoms with Crippen molar-refractivity contribution in [3.63, 3.8) is 0 Å². The number of nitrogens with one attached hydrogen (secondary N) is 1. The van der Waals surface area contributed by atoms with Crippen LogP contribution in [0.3, 0.4) is 0 Å². The smallest absolute Gasteiger partial charge is 0.255 e. The van der Waals surface area contributed by atoms with Gasteiger partial charge in [0.15, 0.2) is 27.3 Å². The molecular formula is C22H21ClF3NO3S. The van der Waals surface area contributed by atoms with E-state index in [0.29, 0.717) is 24.0 Å². The molecule has 166 valence electrons. The first-order valence-electron chi connectivity index (χ1n) is 10.1. The Kier molecular flexibility index (Phi) is 6.05. The number of amides is 1. The van der Waals surface area contributed by atoms with Crippen LogP contribution in [-0.2, 0) is 9.84 Å². The van der Waals surface area contributed by atoms with Gasteiger partial charge in [-0.1, -0.05) is 24.4 Å². The summed E-state index contributed by atoms with van der Waals surface area (Å²) in [5, 5.41) is 2.26. The third kappa shape index (κ3) is 4.60. The van der Waals surface area contributed by atoms with Crippen LogP contribution in [0.4, 0.5) is 18.9 Å². The van der Waals surface area contributed by atoms with E-state index >= 15 is 0 Å². The molecule has 2 aromatic rings. The van der Waals surface area contributed by atoms with E-state index in [0.717, 1.165) is 32.1 Å². The molecule has 2 bridgehead atoms. The van der Waals surface area contributed by atoms with Crippen LogP contribution < -0.4 is 5.32 Å². The predicted molar refractivity (Wildman–Crippen MR) is 111 cm³/mol. The van der Waals surface area contributed by atoms with Crippen LogP contribution in [0.25, 0.3) is 0 Å². The Balaban J connectivity index is 1.55. The minimum atomic E-state index is -3.74. The SMILES string of the molecule is O=C(Nc1cc(F)c(F)c(F)c1)c1ccc(Cl)c(S(=O)(=O)CC2CC3CCC2CC3)c1. The summed E-state index contributed by atoms with van der Waals surface area (Å²) in [7, 11) is -3.74. The topological polar surface area (TPSA) is 63.2 Å². The highest BCUT2D eigenvalue weighted by molar-refractivity contribution is 7.91. The Hall–Kier alpha value is -2.06. The molecule has 4 nitrogen and oxygen atoms in total. The van der Waals surface area contributed by atoms with Crippen molar-refractivity contribution < 1.29 is 26.4 Å². The molecule has 0 heterocycles. The number of fused-ring (bicyclic) bond motifs is 3. The summed E-state index contributed by atoms with van der Waals surface area (Å²) in [4.78, 5) is 12.4. The zero-order valence-corrected chi connectivity index (χ0v) is 18.1. The minimum absolute atomic E-state index is 0.0105. The van der Waals surface area contributed by atoms with E-state index in [-0.39, 0.29) is 32.8 Å². The Morgan fingerprint density at radius 2 is 1.68 bits per heavy atom. The van der Waals surface area contributed by atoms with Crippen molar-refractivity contribution in [1.82, 2.24) is 0 Å². The lowest BCUT2D eigenvalue weighted by atomic mass is 9.65. The van der Waals surface area contributed by atoms with Crippen molar-refractivity contribution in [2.45, 2.75) is 37.0 Å². The quantitative estimate of drug-likeness (QED) is 0.576. The molecule has 1 N–H and O–H groups in total. The number of sulfone groups is 1. The average molecular weight is 472 g/mol. The van der Waals surface area contributed by atoms with Crippen molar-refractivity contribution in [1.29, 1.82) is 0 Å². The summed E-state index contributed by atoms with van der Waals surface area (Å²) in [6.45, 7) is 0. The van der Waals surface area contributed by atoms with Gasteiger partial charge in [-0.15, -0.1) is 0 Å². The number of carbonyl (C=O) groups excluding carboxylic acids is 1. The van der Waals surface area contributed by atoms with Crippen LogP contribution in [0.1, 0.15) is 42.5 Å². The van der Waals surface area contributed by atoms with Crippen molar-refractivity contribution >= 4 is 33.0 Å². The molecule has 0 aromatic heterocycles. The van der Waals surface area contributed by atoms with E-state index in [1.807, 2.05) is 0 Å². The Labute approximate surface area is 183 Å². The molecule has 0 radical (unpaired) electrons. The number of hydrogen-bond acceptors (Lipinski definition) is 3. The van der Waals surface area contributed by atoms with Crippen molar-refractivity contribution in [2.24, 2.45) is 17.8 Å². The van der Waals surface area contributed by atoms with Crippen LogP contribution >= 0.6 is 11.6 Å². The fourth-order valence-electron chi connectivity index (χ4n) is 4.81. The molecule has 3 aliphatic rings. The third-order valence-electron chi connectivity index (χ3n) is 6.40. The largest absolute Gasteiger partial charge is 0.322 e. The lowest BCUT2D eigenvalue weighted by Crippen LogP contribution is -2.35. The summed E-state index contributed by atoms with van der Waals surface area (Å²) in [5.74, 6) is -4.30. The molecule has 0 saturated heterocycles. The second-order valence-corrected chi connectivity index (χ2v) is 10.8. The number of hydrogen-bond donors (Lipinski definition) is 1. The molecule has 9 heteroatoms. The van der Waals surface area contributed by atoms with Gasteiger partial charge < -0.3 is 5.32 Å². The summed E-state index contributed by atoms with van der Waals surface area (Å²) in [6.07, 6.45) is 5.30. The van der Waals surface area contributed by atoms with E-state index in [2.05, 4.69) is 5.32 Å². The third-order valence-corrected chi connectivity index (χ3v) is 8.71. The van der Waals surface area contributed by atoms with Gasteiger partial charge in [0.2, 0.25) is 0 Å². The first-order chi connectivity index (χ1) is 14.6. The van der Waals surface area contributed by atoms with Gasteiger partial charge in [0.1, 0.15) is 0 Å². The molecule has 0 aliphatic heterocycles. The van der Waals surface area contributed by atoms with Gasteiger partial charge in [-0.3, -0.25) is 4.79 Å². The predicted octanol–water partition coefficient (Wildman–Crippen LogP) is 5.61. The van der Waals surface area contributed by atoms with Gasteiger partial charge in [-0.05, 0) is 55.2 Å². The molecule has 0 spiro atoms. The van der Waals surface area contributed by atoms with E-state index in [4.69, 9.17) is 11.6 Å². The number of halogens is 4. The minimum Gasteiger partial charge on any atom is -0.322 e. The van der Waals surface area contributed by atoms with E-state index in [1.165, 1.54) is 18.2 Å². The zero-order chi connectivity index (χ0) is 22.3. The highest BCUT2D eigenvalue weighted by Gasteiger charge is 2.38. The Bertz CT molecular complexity index is 1110. The first kappa shape index (κ1) is 22.1. The Morgan fingerprint density at radius 1 is 1.03 bits per heavy atom. The molecule has 1 unspecified atom stereocenters. The first-order valence-corrected chi connectivity index (χ1v) is 12.2. The molecule has 1 amide bonds. The van der Waals surface area contributed by atoms with Gasteiger partial charge in [-0.25, -0.2) is 21.6 Å². The number of carbonyl (C=O) groups is 1. The number of rotatable bonds is 5. The lowest BCUT2D eigenvalue weighted by Gasteiger charge is -2.42. The van der Waals surface area contributed by atoms with Gasteiger partial charge >= 0.3 is 0 Å². The summed E-state index contributed by atoms with van der Waals surface area (Å²) >= 11 is 6.15. The molecule has 3 fully saturated rings. The summed E-state index contributed by atoms with van der Waals surface area (Å²) in [6, 6.07) is 5.08. The highest BCUT2D eigenvalue weighted by Crippen LogP contribution is 2.46. The van der Waals surface area contributed by atoms with E-state index in [9.17, 15) is 26.4 Å². The zero-order valence-electron chi connectivity index (χ0n) is 16.5. The lowest BCUT2D eigenvalue weighted by molar-refractivity contribution is 0.102. The maximum Gasteiger partial charge on any atom is 0.255 e. The van der Waals surface area contributed by atoms with E-state index in [1.54, 1.807) is 0 Å². The standard InChI is InChI=1S/C22H21ClF3NO3S/c23-17-6-5-14(22(28)27-16-9-18(24)21(26)19(25)10-16)8-20(17)31(29,30)11-15-7-12-1-3-13(15)4-2-12/h5-6,8-10,12-13,15H,1-4,7,11H2,(H,27,28). The Morgan fingerprint density at radius 3 is 2.26 bits per heavy atom. The van der Waals surface area contributed by atoms with Gasteiger partial charge in [0, 0.05) is 23.4 Å². The maximum absolute atomic E-state index is 13.4. The van der Waals surface area contributed by atoms with Crippen LogP contribution in [0.5, 0.6) is 0 Å². The fourth-order valence-corrected chi connectivity index (χ4v) is 7.10. The summed E-state index contributed by atoms with van der Waals surface area (Å²) in [5.41, 5.74) is -0.336. The van der Waals surface area contributed by atoms with Gasteiger partial charge in [0.25, 0.3) is 5.91 Å². The van der Waals surface area contributed by atoms with Crippen LogP contribution in [0.2, 0.25) is 5.02 Å². The normalized spacial score (nSPS) is 23.0. The molecule has 1 atom stereocenters. The van der Waals surface area contributed by atoms with Crippen molar-refractivity contribution in [3.8, 4) is 0 Å². The summed E-state index contributed by atoms with van der Waals surface area (Å²) < 4.78 is 66.1. The monoisotopic (exact) mass is 471 g/mol. The molecule has 2 aromatic carbocycles. The van der Waals surface area contributed by atoms with Crippen LogP contribution in [0, 0.1) is 35.2 Å². The average Bonchev–Trinajstić information content (AvgIpc) is 2.72. The van der Waals surface area contributed by atoms with Gasteiger partial charge in [-0.2, -0.15) is 0 Å². The van der Waals surface area contributed by atoms with Crippen LogP contribution in [-0.4, -0.2) is 20.1 Å². The van der Waals surface area contributed by atoms with Crippen molar-refractivity contribution in [2.75, 3.05) is 11.1 Å². The molecule has 5 rings (SSSR count). The molecule has 3 saturated carbocycles. The fraction of sp³-hybridized carbons (Fsp3) is 0.409. The number of anilines is 1. The van der Waals surface area contributed by atoms with E-state index < -0.39 is 33.2 Å². The second-order valence-electron chi connectivity index (χ2n) is 8.41. The highest BCUT2D eigenvalue weighted by atomic mass is 35.5. The van der Waals surface area contributed by atoms with Crippen LogP contribution in [0.15, 0.2) is 35.2 Å². The van der Waals surface area contributed by atoms with Gasteiger partial charge in [0.05, 0.1) is 15.7 Å². The van der Waals surface area contributed by atoms with Crippen molar-refractivity contribution in [3.05, 3.63) is 58.4 Å². The molecule has 3 aliphatic carbocycles. The second kappa shape index (κ2) is 8.47. The molecule has 31 heavy (non-hydrogen) atoms. The molecular weight excluding hydrogens is 451 g/mol. The maximum atomic E-state index is 13.4. The number of benzene rings is 2.